The molecule has 0 aliphatic carbocycles. The first-order chi connectivity index (χ1) is 9.13. The molecule has 1 rings (SSSR count). The molecule has 0 unspecified atom stereocenters. The van der Waals surface area contributed by atoms with E-state index in [2.05, 4.69) is 20.7 Å². The smallest absolute Gasteiger partial charge is 0.325 e. The van der Waals surface area contributed by atoms with Gasteiger partial charge in [0, 0.05) is 26.2 Å². The van der Waals surface area contributed by atoms with E-state index in [1.54, 1.807) is 11.8 Å². The first-order valence-electron chi connectivity index (χ1n) is 6.29. The summed E-state index contributed by atoms with van der Waals surface area (Å²) in [5.41, 5.74) is 0. The van der Waals surface area contributed by atoms with Gasteiger partial charge in [-0.3, -0.25) is 9.59 Å². The molecule has 8 heteroatoms. The van der Waals surface area contributed by atoms with Crippen LogP contribution in [-0.4, -0.2) is 68.7 Å². The first kappa shape index (κ1) is 15.2. The van der Waals surface area contributed by atoms with Gasteiger partial charge in [-0.15, -0.1) is 0 Å². The van der Waals surface area contributed by atoms with Crippen LogP contribution in [0.2, 0.25) is 0 Å². The molecule has 0 aromatic heterocycles. The van der Waals surface area contributed by atoms with Crippen molar-refractivity contribution in [2.45, 2.75) is 6.92 Å². The summed E-state index contributed by atoms with van der Waals surface area (Å²) in [6, 6.07) is -0.559. The Kier molecular flexibility index (Phi) is 6.65. The number of piperazine rings is 1. The molecule has 0 aromatic rings. The number of nitrogens with one attached hydrogen (secondary N) is 3. The molecule has 1 fully saturated rings. The van der Waals surface area contributed by atoms with Gasteiger partial charge in [0.25, 0.3) is 0 Å². The fourth-order valence-corrected chi connectivity index (χ4v) is 1.61. The number of carbonyl (C=O) groups excluding carboxylic acids is 3. The SMILES string of the molecule is CCOC(=O)CNC(=O)NCC(=O)N1CCNCC1. The minimum atomic E-state index is -0.559. The number of esters is 1. The fourth-order valence-electron chi connectivity index (χ4n) is 1.61. The summed E-state index contributed by atoms with van der Waals surface area (Å²) in [7, 11) is 0. The highest BCUT2D eigenvalue weighted by Gasteiger charge is 2.16. The Hall–Kier alpha value is -1.83. The van der Waals surface area contributed by atoms with E-state index in [9.17, 15) is 14.4 Å². The Morgan fingerprint density at radius 1 is 1.16 bits per heavy atom. The average molecular weight is 272 g/mol. The Balaban J connectivity index is 2.15. The van der Waals surface area contributed by atoms with E-state index in [1.807, 2.05) is 0 Å². The van der Waals surface area contributed by atoms with Crippen molar-refractivity contribution in [3.8, 4) is 0 Å². The summed E-state index contributed by atoms with van der Waals surface area (Å²) < 4.78 is 4.65. The van der Waals surface area contributed by atoms with Gasteiger partial charge < -0.3 is 25.6 Å². The zero-order valence-corrected chi connectivity index (χ0v) is 11.0. The van der Waals surface area contributed by atoms with E-state index in [0.29, 0.717) is 13.1 Å². The lowest BCUT2D eigenvalue weighted by Gasteiger charge is -2.27. The average Bonchev–Trinajstić information content (AvgIpc) is 2.44. The summed E-state index contributed by atoms with van der Waals surface area (Å²) >= 11 is 0. The van der Waals surface area contributed by atoms with Crippen LogP contribution in [0.4, 0.5) is 4.79 Å². The Labute approximate surface area is 111 Å². The van der Waals surface area contributed by atoms with Crippen LogP contribution in [0.5, 0.6) is 0 Å². The molecule has 0 aromatic carbocycles. The highest BCUT2D eigenvalue weighted by atomic mass is 16.5. The van der Waals surface area contributed by atoms with Gasteiger partial charge in [0.2, 0.25) is 5.91 Å². The maximum absolute atomic E-state index is 11.7. The van der Waals surface area contributed by atoms with Gasteiger partial charge in [0.15, 0.2) is 0 Å². The number of rotatable bonds is 5. The zero-order valence-electron chi connectivity index (χ0n) is 11.0. The molecule has 0 bridgehead atoms. The van der Waals surface area contributed by atoms with Crippen molar-refractivity contribution in [3.63, 3.8) is 0 Å². The van der Waals surface area contributed by atoms with Crippen molar-refractivity contribution >= 4 is 17.9 Å². The quantitative estimate of drug-likeness (QED) is 0.517. The molecule has 1 aliphatic heterocycles. The van der Waals surface area contributed by atoms with Gasteiger partial charge in [0.05, 0.1) is 13.2 Å². The number of amides is 3. The third kappa shape index (κ3) is 6.05. The molecule has 1 aliphatic rings. The van der Waals surface area contributed by atoms with Crippen LogP contribution in [0, 0.1) is 0 Å². The number of carbonyl (C=O) groups is 3. The van der Waals surface area contributed by atoms with Crippen molar-refractivity contribution < 1.29 is 19.1 Å². The lowest BCUT2D eigenvalue weighted by atomic mass is 10.3. The lowest BCUT2D eigenvalue weighted by Crippen LogP contribution is -2.50. The van der Waals surface area contributed by atoms with Gasteiger partial charge in [-0.2, -0.15) is 0 Å². The Morgan fingerprint density at radius 2 is 1.79 bits per heavy atom. The normalized spacial score (nSPS) is 14.7. The van der Waals surface area contributed by atoms with Crippen molar-refractivity contribution in [1.82, 2.24) is 20.9 Å². The van der Waals surface area contributed by atoms with Gasteiger partial charge in [-0.1, -0.05) is 0 Å². The summed E-state index contributed by atoms with van der Waals surface area (Å²) in [4.78, 5) is 35.7. The van der Waals surface area contributed by atoms with Crippen molar-refractivity contribution in [2.24, 2.45) is 0 Å². The third-order valence-electron chi connectivity index (χ3n) is 2.57. The molecule has 0 atom stereocenters. The van der Waals surface area contributed by atoms with Crippen LogP contribution >= 0.6 is 0 Å². The number of ether oxygens (including phenoxy) is 1. The summed E-state index contributed by atoms with van der Waals surface area (Å²) in [6.45, 7) is 4.49. The van der Waals surface area contributed by atoms with Gasteiger partial charge >= 0.3 is 12.0 Å². The second kappa shape index (κ2) is 8.30. The van der Waals surface area contributed by atoms with Crippen LogP contribution in [0.3, 0.4) is 0 Å². The van der Waals surface area contributed by atoms with E-state index >= 15 is 0 Å². The van der Waals surface area contributed by atoms with Crippen molar-refractivity contribution in [3.05, 3.63) is 0 Å². The molecule has 8 nitrogen and oxygen atoms in total. The van der Waals surface area contributed by atoms with Crippen LogP contribution in [0.1, 0.15) is 6.92 Å². The molecular formula is C11H20N4O4. The molecule has 3 amide bonds. The summed E-state index contributed by atoms with van der Waals surface area (Å²) in [5.74, 6) is -0.640. The number of hydrogen-bond acceptors (Lipinski definition) is 5. The van der Waals surface area contributed by atoms with Crippen LogP contribution in [-0.2, 0) is 14.3 Å². The molecule has 1 heterocycles. The van der Waals surface area contributed by atoms with E-state index in [4.69, 9.17) is 0 Å². The molecule has 0 saturated carbocycles. The van der Waals surface area contributed by atoms with Gasteiger partial charge in [-0.25, -0.2) is 4.79 Å². The van der Waals surface area contributed by atoms with E-state index in [0.717, 1.165) is 13.1 Å². The van der Waals surface area contributed by atoms with Crippen LogP contribution in [0.15, 0.2) is 0 Å². The minimum Gasteiger partial charge on any atom is -0.465 e. The maximum Gasteiger partial charge on any atom is 0.325 e. The fraction of sp³-hybridized carbons (Fsp3) is 0.727. The molecule has 1 saturated heterocycles. The van der Waals surface area contributed by atoms with Crippen LogP contribution in [0.25, 0.3) is 0 Å². The Morgan fingerprint density at radius 3 is 2.42 bits per heavy atom. The maximum atomic E-state index is 11.7. The molecule has 0 spiro atoms. The molecule has 19 heavy (non-hydrogen) atoms. The molecule has 108 valence electrons. The molecule has 0 radical (unpaired) electrons. The highest BCUT2D eigenvalue weighted by molar-refractivity contribution is 5.85. The minimum absolute atomic E-state index is 0.0747. The molecular weight excluding hydrogens is 252 g/mol. The monoisotopic (exact) mass is 272 g/mol. The number of nitrogens with zero attached hydrogens (tertiary/aromatic N) is 1. The van der Waals surface area contributed by atoms with Crippen molar-refractivity contribution in [2.75, 3.05) is 45.9 Å². The molecule has 3 N–H and O–H groups in total. The second-order valence-electron chi connectivity index (χ2n) is 3.97. The van der Waals surface area contributed by atoms with E-state index in [1.165, 1.54) is 0 Å². The zero-order chi connectivity index (χ0) is 14.1. The predicted molar refractivity (Wildman–Crippen MR) is 67.5 cm³/mol. The van der Waals surface area contributed by atoms with E-state index in [-0.39, 0.29) is 25.6 Å². The third-order valence-corrected chi connectivity index (χ3v) is 2.57. The first-order valence-corrected chi connectivity index (χ1v) is 6.29. The second-order valence-corrected chi connectivity index (χ2v) is 3.97. The number of hydrogen-bond donors (Lipinski definition) is 3. The lowest BCUT2D eigenvalue weighted by molar-refractivity contribution is -0.141. The van der Waals surface area contributed by atoms with Gasteiger partial charge in [0.1, 0.15) is 6.54 Å². The standard InChI is InChI=1S/C11H20N4O4/c1-2-19-10(17)8-14-11(18)13-7-9(16)15-5-3-12-4-6-15/h12H,2-8H2,1H3,(H2,13,14,18). The largest absolute Gasteiger partial charge is 0.465 e. The Bertz CT molecular complexity index is 329. The van der Waals surface area contributed by atoms with E-state index < -0.39 is 12.0 Å². The summed E-state index contributed by atoms with van der Waals surface area (Å²) in [6.07, 6.45) is 0. The van der Waals surface area contributed by atoms with Gasteiger partial charge in [-0.05, 0) is 6.92 Å². The topological polar surface area (TPSA) is 99.8 Å². The van der Waals surface area contributed by atoms with Crippen molar-refractivity contribution in [1.29, 1.82) is 0 Å². The van der Waals surface area contributed by atoms with Crippen LogP contribution < -0.4 is 16.0 Å². The predicted octanol–water partition coefficient (Wildman–Crippen LogP) is -1.72. The highest BCUT2D eigenvalue weighted by Crippen LogP contribution is 1.92. The summed E-state index contributed by atoms with van der Waals surface area (Å²) in [5, 5.41) is 7.86. The number of urea groups is 1.